The summed E-state index contributed by atoms with van der Waals surface area (Å²) in [5.41, 5.74) is 17.2. The molecule has 7 aromatic rings. The Balaban J connectivity index is 1.19. The lowest BCUT2D eigenvalue weighted by Gasteiger charge is -2.47. The second kappa shape index (κ2) is 10.8. The van der Waals surface area contributed by atoms with Crippen molar-refractivity contribution in [2.24, 2.45) is 0 Å². The normalized spacial score (nSPS) is 15.5. The third-order valence-electron chi connectivity index (χ3n) is 11.3. The zero-order chi connectivity index (χ0) is 34.7. The average Bonchev–Trinajstić information content (AvgIpc) is 3.42. The number of para-hydroxylation sites is 5. The molecule has 4 aliphatic heterocycles. The van der Waals surface area contributed by atoms with Crippen molar-refractivity contribution in [3.05, 3.63) is 163 Å². The van der Waals surface area contributed by atoms with Crippen LogP contribution in [0.2, 0.25) is 0 Å². The van der Waals surface area contributed by atoms with Gasteiger partial charge in [-0.15, -0.1) is 0 Å². The SMILES string of the molecule is Cc1cc2c3c(c1)N1c4c(cccc4N(c4ccccc4)C1(C)C)B3c1ccc(N3c4ccccc4Sc4ccccc43)cc1N2c1ccccc1. The van der Waals surface area contributed by atoms with Crippen molar-refractivity contribution >= 4 is 91.7 Å². The molecule has 0 aliphatic carbocycles. The van der Waals surface area contributed by atoms with Crippen molar-refractivity contribution in [2.45, 2.75) is 36.2 Å². The predicted molar refractivity (Wildman–Crippen MR) is 221 cm³/mol. The minimum Gasteiger partial charge on any atom is -0.317 e. The number of fused-ring (bicyclic) bond motifs is 6. The van der Waals surface area contributed by atoms with Gasteiger partial charge in [0, 0.05) is 43.9 Å². The van der Waals surface area contributed by atoms with Crippen LogP contribution in [0.1, 0.15) is 19.4 Å². The van der Waals surface area contributed by atoms with Crippen LogP contribution in [0.15, 0.2) is 168 Å². The van der Waals surface area contributed by atoms with E-state index in [1.54, 1.807) is 0 Å². The Morgan fingerprint density at radius 2 is 1.06 bits per heavy atom. The lowest BCUT2D eigenvalue weighted by atomic mass is 9.33. The minimum atomic E-state index is -0.346. The molecule has 0 saturated carbocycles. The molecule has 0 N–H and O–H groups in total. The number of rotatable bonds is 3. The summed E-state index contributed by atoms with van der Waals surface area (Å²) in [4.78, 5) is 12.6. The molecule has 0 aromatic heterocycles. The topological polar surface area (TPSA) is 13.0 Å². The largest absolute Gasteiger partial charge is 0.317 e. The maximum atomic E-state index is 2.62. The van der Waals surface area contributed by atoms with Crippen molar-refractivity contribution < 1.29 is 0 Å². The van der Waals surface area contributed by atoms with Gasteiger partial charge in [-0.2, -0.15) is 0 Å². The first-order valence-electron chi connectivity index (χ1n) is 18.1. The van der Waals surface area contributed by atoms with Gasteiger partial charge >= 0.3 is 0 Å². The van der Waals surface area contributed by atoms with Crippen LogP contribution in [0.4, 0.5) is 56.9 Å². The quantitative estimate of drug-likeness (QED) is 0.171. The van der Waals surface area contributed by atoms with Gasteiger partial charge in [0.25, 0.3) is 6.71 Å². The van der Waals surface area contributed by atoms with Crippen molar-refractivity contribution in [1.29, 1.82) is 0 Å². The van der Waals surface area contributed by atoms with Crippen LogP contribution in [-0.2, 0) is 0 Å². The van der Waals surface area contributed by atoms with Crippen molar-refractivity contribution in [1.82, 2.24) is 0 Å². The Bertz CT molecular complexity index is 2540. The Morgan fingerprint density at radius 1 is 0.462 bits per heavy atom. The van der Waals surface area contributed by atoms with Crippen LogP contribution >= 0.6 is 11.8 Å². The first kappa shape index (κ1) is 29.8. The summed E-state index contributed by atoms with van der Waals surface area (Å²) in [6, 6.07) is 58.3. The van der Waals surface area contributed by atoms with Gasteiger partial charge in [-0.05, 0) is 122 Å². The van der Waals surface area contributed by atoms with Gasteiger partial charge in [-0.25, -0.2) is 0 Å². The molecule has 0 bridgehead atoms. The van der Waals surface area contributed by atoms with Crippen LogP contribution in [0.25, 0.3) is 0 Å². The highest BCUT2D eigenvalue weighted by Crippen LogP contribution is 2.56. The van der Waals surface area contributed by atoms with E-state index in [1.165, 1.54) is 77.2 Å². The zero-order valence-electron chi connectivity index (χ0n) is 29.3. The average molecular weight is 687 g/mol. The number of aryl methyl sites for hydroxylation is 1. The molecular weight excluding hydrogens is 651 g/mol. The molecule has 4 nitrogen and oxygen atoms in total. The molecular formula is C46H35BN4S. The van der Waals surface area contributed by atoms with E-state index in [1.807, 2.05) is 11.8 Å². The molecule has 0 amide bonds. The summed E-state index contributed by atoms with van der Waals surface area (Å²) in [6.45, 7) is 7.05. The second-order valence-electron chi connectivity index (χ2n) is 14.7. The van der Waals surface area contributed by atoms with E-state index in [4.69, 9.17) is 0 Å². The van der Waals surface area contributed by atoms with Gasteiger partial charge in [0.1, 0.15) is 5.66 Å². The summed E-state index contributed by atoms with van der Waals surface area (Å²) in [7, 11) is 0. The molecule has 0 spiro atoms. The number of hydrogen-bond donors (Lipinski definition) is 0. The zero-order valence-corrected chi connectivity index (χ0v) is 30.1. The summed E-state index contributed by atoms with van der Waals surface area (Å²) < 4.78 is 0. The third-order valence-corrected chi connectivity index (χ3v) is 12.4. The van der Waals surface area contributed by atoms with Crippen LogP contribution < -0.4 is 36.0 Å². The Morgan fingerprint density at radius 3 is 1.77 bits per heavy atom. The monoisotopic (exact) mass is 686 g/mol. The van der Waals surface area contributed by atoms with Gasteiger partial charge in [-0.1, -0.05) is 90.6 Å². The molecule has 6 heteroatoms. The van der Waals surface area contributed by atoms with Crippen molar-refractivity contribution in [2.75, 3.05) is 19.6 Å². The van der Waals surface area contributed by atoms with E-state index in [0.717, 1.165) is 11.4 Å². The van der Waals surface area contributed by atoms with E-state index in [9.17, 15) is 0 Å². The van der Waals surface area contributed by atoms with Gasteiger partial charge in [-0.3, -0.25) is 0 Å². The van der Waals surface area contributed by atoms with E-state index in [-0.39, 0.29) is 12.4 Å². The number of anilines is 10. The van der Waals surface area contributed by atoms with E-state index < -0.39 is 0 Å². The molecule has 248 valence electrons. The molecule has 4 heterocycles. The first-order valence-corrected chi connectivity index (χ1v) is 18.9. The molecule has 52 heavy (non-hydrogen) atoms. The predicted octanol–water partition coefficient (Wildman–Crippen LogP) is 10.6. The number of hydrogen-bond acceptors (Lipinski definition) is 5. The highest BCUT2D eigenvalue weighted by molar-refractivity contribution is 7.99. The Labute approximate surface area is 309 Å². The third kappa shape index (κ3) is 4.01. The van der Waals surface area contributed by atoms with Crippen molar-refractivity contribution in [3.8, 4) is 0 Å². The highest BCUT2D eigenvalue weighted by Gasteiger charge is 2.52. The second-order valence-corrected chi connectivity index (χ2v) is 15.7. The number of benzene rings is 7. The molecule has 11 rings (SSSR count). The summed E-state index contributed by atoms with van der Waals surface area (Å²) >= 11 is 1.85. The number of nitrogens with zero attached hydrogens (tertiary/aromatic N) is 4. The Kier molecular flexibility index (Phi) is 6.22. The molecule has 0 saturated heterocycles. The molecule has 0 fully saturated rings. The Hall–Kier alpha value is -5.85. The minimum absolute atomic E-state index is 0.0730. The smallest absolute Gasteiger partial charge is 0.252 e. The van der Waals surface area contributed by atoms with Crippen molar-refractivity contribution in [3.63, 3.8) is 0 Å². The van der Waals surface area contributed by atoms with Gasteiger partial charge in [0.2, 0.25) is 0 Å². The maximum Gasteiger partial charge on any atom is 0.252 e. The lowest BCUT2D eigenvalue weighted by molar-refractivity contribution is 0.541. The van der Waals surface area contributed by atoms with Gasteiger partial charge in [0.05, 0.1) is 22.7 Å². The molecule has 7 aromatic carbocycles. The van der Waals surface area contributed by atoms with Crippen LogP contribution in [0.5, 0.6) is 0 Å². The molecule has 0 unspecified atom stereocenters. The van der Waals surface area contributed by atoms with Crippen LogP contribution in [0, 0.1) is 6.92 Å². The fraction of sp³-hybridized carbons (Fsp3) is 0.0870. The molecule has 0 atom stereocenters. The van der Waals surface area contributed by atoms with Crippen LogP contribution in [0.3, 0.4) is 0 Å². The highest BCUT2D eigenvalue weighted by atomic mass is 32.2. The summed E-state index contributed by atoms with van der Waals surface area (Å²) in [5, 5.41) is 0. The summed E-state index contributed by atoms with van der Waals surface area (Å²) in [5.74, 6) is 0. The maximum absolute atomic E-state index is 2.62. The van der Waals surface area contributed by atoms with Crippen LogP contribution in [-0.4, -0.2) is 12.4 Å². The molecule has 4 aliphatic rings. The van der Waals surface area contributed by atoms with E-state index in [2.05, 4.69) is 198 Å². The fourth-order valence-electron chi connectivity index (χ4n) is 9.30. The van der Waals surface area contributed by atoms with E-state index >= 15 is 0 Å². The lowest BCUT2D eigenvalue weighted by Crippen LogP contribution is -2.63. The van der Waals surface area contributed by atoms with Gasteiger partial charge < -0.3 is 19.6 Å². The first-order chi connectivity index (χ1) is 25.5. The standard InChI is InChI=1S/C46H35BN4S/c1-30-27-40-44-41(28-30)51-45-35(19-14-22-38(45)50(46(51,2)3)32-17-8-5-9-18-32)47(44)34-26-25-33(29-39(34)48(40)31-15-6-4-7-16-31)49-36-20-10-12-23-42(36)52-43-24-13-11-21-37(43)49/h4-29H,1-3H3. The summed E-state index contributed by atoms with van der Waals surface area (Å²) in [6.07, 6.45) is 0. The van der Waals surface area contributed by atoms with E-state index in [0.29, 0.717) is 0 Å². The fourth-order valence-corrected chi connectivity index (χ4v) is 10.4. The van der Waals surface area contributed by atoms with Gasteiger partial charge in [0.15, 0.2) is 0 Å². The molecule has 0 radical (unpaired) electrons.